The van der Waals surface area contributed by atoms with Crippen molar-refractivity contribution >= 4 is 10.9 Å². The van der Waals surface area contributed by atoms with Crippen LogP contribution in [0.1, 0.15) is 29.5 Å². The molecule has 2 aromatic carbocycles. The molecule has 3 aromatic rings. The van der Waals surface area contributed by atoms with Crippen molar-refractivity contribution in [1.82, 2.24) is 4.98 Å². The van der Waals surface area contributed by atoms with Gasteiger partial charge in [-0.05, 0) is 69.0 Å². The summed E-state index contributed by atoms with van der Waals surface area (Å²) < 4.78 is 14.2. The van der Waals surface area contributed by atoms with E-state index in [0.29, 0.717) is 12.1 Å². The fourth-order valence-corrected chi connectivity index (χ4v) is 3.31. The van der Waals surface area contributed by atoms with Crippen molar-refractivity contribution in [1.29, 1.82) is 0 Å². The van der Waals surface area contributed by atoms with E-state index in [9.17, 15) is 4.39 Å². The third kappa shape index (κ3) is 3.15. The second kappa shape index (κ2) is 6.55. The Morgan fingerprint density at radius 2 is 1.78 bits per heavy atom. The highest BCUT2D eigenvalue weighted by atomic mass is 19.1. The van der Waals surface area contributed by atoms with Crippen LogP contribution in [0.25, 0.3) is 22.2 Å². The van der Waals surface area contributed by atoms with Crippen LogP contribution in [-0.2, 0) is 6.42 Å². The summed E-state index contributed by atoms with van der Waals surface area (Å²) in [6.07, 6.45) is 2.90. The normalized spacial score (nSPS) is 11.3. The zero-order chi connectivity index (χ0) is 16.4. The highest BCUT2D eigenvalue weighted by molar-refractivity contribution is 5.91. The van der Waals surface area contributed by atoms with Gasteiger partial charge in [-0.3, -0.25) is 0 Å². The van der Waals surface area contributed by atoms with Crippen LogP contribution in [0.4, 0.5) is 4.39 Å². The van der Waals surface area contributed by atoms with Gasteiger partial charge in [0.2, 0.25) is 0 Å². The number of hydrogen-bond acceptors (Lipinski definition) is 1. The molecule has 3 rings (SSSR count). The van der Waals surface area contributed by atoms with Gasteiger partial charge in [0, 0.05) is 11.1 Å². The van der Waals surface area contributed by atoms with E-state index < -0.39 is 0 Å². The predicted octanol–water partition coefficient (Wildman–Crippen LogP) is 4.87. The number of hydrogen-bond donors (Lipinski definition) is 2. The Kier molecular flexibility index (Phi) is 4.49. The molecule has 0 aliphatic heterocycles. The molecule has 0 atom stereocenters. The molecule has 0 aliphatic rings. The fourth-order valence-electron chi connectivity index (χ4n) is 3.31. The molecular formula is C20H23FN2. The lowest BCUT2D eigenvalue weighted by Crippen LogP contribution is -1.99. The molecule has 0 saturated carbocycles. The number of aryl methyl sites for hydroxylation is 3. The summed E-state index contributed by atoms with van der Waals surface area (Å²) in [5.74, 6) is -0.196. The van der Waals surface area contributed by atoms with Crippen molar-refractivity contribution in [2.45, 2.75) is 33.1 Å². The topological polar surface area (TPSA) is 41.8 Å². The summed E-state index contributed by atoms with van der Waals surface area (Å²) >= 11 is 0. The lowest BCUT2D eigenvalue weighted by Gasteiger charge is -2.07. The van der Waals surface area contributed by atoms with Crippen LogP contribution >= 0.6 is 0 Å². The molecule has 0 bridgehead atoms. The summed E-state index contributed by atoms with van der Waals surface area (Å²) in [5.41, 5.74) is 12.0. The first-order chi connectivity index (χ1) is 11.1. The number of benzene rings is 2. The minimum Gasteiger partial charge on any atom is -0.352 e. The van der Waals surface area contributed by atoms with Crippen LogP contribution < -0.4 is 5.73 Å². The van der Waals surface area contributed by atoms with E-state index in [4.69, 9.17) is 5.73 Å². The number of aromatic amines is 1. The van der Waals surface area contributed by atoms with Crippen molar-refractivity contribution in [3.05, 3.63) is 58.9 Å². The Labute approximate surface area is 136 Å². The number of H-pyrrole nitrogens is 1. The Bertz CT molecular complexity index is 813. The van der Waals surface area contributed by atoms with Gasteiger partial charge in [0.25, 0.3) is 0 Å². The van der Waals surface area contributed by atoms with Gasteiger partial charge >= 0.3 is 0 Å². The zero-order valence-electron chi connectivity index (χ0n) is 13.7. The van der Waals surface area contributed by atoms with Crippen LogP contribution in [0.15, 0.2) is 36.4 Å². The van der Waals surface area contributed by atoms with E-state index in [2.05, 4.69) is 37.0 Å². The van der Waals surface area contributed by atoms with E-state index in [1.54, 1.807) is 6.07 Å². The van der Waals surface area contributed by atoms with Crippen molar-refractivity contribution in [2.24, 2.45) is 5.73 Å². The molecule has 23 heavy (non-hydrogen) atoms. The van der Waals surface area contributed by atoms with E-state index in [0.717, 1.165) is 35.9 Å². The van der Waals surface area contributed by atoms with Gasteiger partial charge in [0.15, 0.2) is 0 Å². The first-order valence-electron chi connectivity index (χ1n) is 8.18. The van der Waals surface area contributed by atoms with Crippen LogP contribution in [-0.4, -0.2) is 11.5 Å². The number of unbranched alkanes of at least 4 members (excludes halogenated alkanes) is 1. The van der Waals surface area contributed by atoms with E-state index >= 15 is 0 Å². The SMILES string of the molecule is Cc1cc(C)cc(-c2[nH]c3c(F)cccc3c2CCCCN)c1. The Hall–Kier alpha value is -2.13. The molecule has 0 saturated heterocycles. The van der Waals surface area contributed by atoms with Gasteiger partial charge < -0.3 is 10.7 Å². The molecule has 0 amide bonds. The van der Waals surface area contributed by atoms with Crippen LogP contribution in [0.2, 0.25) is 0 Å². The zero-order valence-corrected chi connectivity index (χ0v) is 13.7. The van der Waals surface area contributed by atoms with E-state index in [1.165, 1.54) is 22.8 Å². The lowest BCUT2D eigenvalue weighted by molar-refractivity contribution is 0.637. The molecule has 1 heterocycles. The second-order valence-corrected chi connectivity index (χ2v) is 6.26. The predicted molar refractivity (Wildman–Crippen MR) is 95.2 cm³/mol. The summed E-state index contributed by atoms with van der Waals surface area (Å²) in [6, 6.07) is 11.8. The highest BCUT2D eigenvalue weighted by Crippen LogP contribution is 2.33. The first kappa shape index (κ1) is 15.8. The average Bonchev–Trinajstić information content (AvgIpc) is 2.87. The smallest absolute Gasteiger partial charge is 0.147 e. The van der Waals surface area contributed by atoms with Crippen LogP contribution in [0.3, 0.4) is 0 Å². The first-order valence-corrected chi connectivity index (χ1v) is 8.18. The Morgan fingerprint density at radius 1 is 1.04 bits per heavy atom. The van der Waals surface area contributed by atoms with Crippen LogP contribution in [0.5, 0.6) is 0 Å². The van der Waals surface area contributed by atoms with Crippen molar-refractivity contribution < 1.29 is 4.39 Å². The summed E-state index contributed by atoms with van der Waals surface area (Å²) in [4.78, 5) is 3.32. The molecule has 0 spiro atoms. The van der Waals surface area contributed by atoms with Gasteiger partial charge in [-0.1, -0.05) is 29.3 Å². The number of rotatable bonds is 5. The van der Waals surface area contributed by atoms with Crippen LogP contribution in [0, 0.1) is 19.7 Å². The molecule has 3 heteroatoms. The molecule has 1 aromatic heterocycles. The number of halogens is 1. The minimum atomic E-state index is -0.196. The molecule has 3 N–H and O–H groups in total. The lowest BCUT2D eigenvalue weighted by atomic mass is 9.98. The average molecular weight is 310 g/mol. The Balaban J connectivity index is 2.17. The maximum absolute atomic E-state index is 14.2. The molecular weight excluding hydrogens is 287 g/mol. The van der Waals surface area contributed by atoms with Crippen molar-refractivity contribution in [3.8, 4) is 11.3 Å². The van der Waals surface area contributed by atoms with Gasteiger partial charge in [-0.25, -0.2) is 4.39 Å². The van der Waals surface area contributed by atoms with Crippen molar-refractivity contribution in [2.75, 3.05) is 6.54 Å². The molecule has 0 aliphatic carbocycles. The van der Waals surface area contributed by atoms with Gasteiger partial charge in [0.05, 0.1) is 5.52 Å². The molecule has 0 radical (unpaired) electrons. The number of para-hydroxylation sites is 1. The maximum atomic E-state index is 14.2. The quantitative estimate of drug-likeness (QED) is 0.648. The summed E-state index contributed by atoms with van der Waals surface area (Å²) in [5, 5.41) is 0.983. The maximum Gasteiger partial charge on any atom is 0.147 e. The molecule has 0 fully saturated rings. The molecule has 2 nitrogen and oxygen atoms in total. The highest BCUT2D eigenvalue weighted by Gasteiger charge is 2.15. The van der Waals surface area contributed by atoms with Gasteiger partial charge in [0.1, 0.15) is 5.82 Å². The minimum absolute atomic E-state index is 0.196. The monoisotopic (exact) mass is 310 g/mol. The largest absolute Gasteiger partial charge is 0.352 e. The summed E-state index contributed by atoms with van der Waals surface area (Å²) in [6.45, 7) is 4.87. The van der Waals surface area contributed by atoms with Gasteiger partial charge in [-0.15, -0.1) is 0 Å². The number of nitrogens with two attached hydrogens (primary N) is 1. The van der Waals surface area contributed by atoms with E-state index in [-0.39, 0.29) is 5.82 Å². The number of nitrogens with one attached hydrogen (secondary N) is 1. The number of fused-ring (bicyclic) bond motifs is 1. The van der Waals surface area contributed by atoms with E-state index in [1.807, 2.05) is 6.07 Å². The number of aromatic nitrogens is 1. The third-order valence-corrected chi connectivity index (χ3v) is 4.28. The fraction of sp³-hybridized carbons (Fsp3) is 0.300. The summed E-state index contributed by atoms with van der Waals surface area (Å²) in [7, 11) is 0. The van der Waals surface area contributed by atoms with Crippen molar-refractivity contribution in [3.63, 3.8) is 0 Å². The molecule has 0 unspecified atom stereocenters. The molecule has 120 valence electrons. The van der Waals surface area contributed by atoms with Gasteiger partial charge in [-0.2, -0.15) is 0 Å². The second-order valence-electron chi connectivity index (χ2n) is 6.26. The third-order valence-electron chi connectivity index (χ3n) is 4.28. The Morgan fingerprint density at radius 3 is 2.48 bits per heavy atom. The standard InChI is InChI=1S/C20H23FN2/c1-13-10-14(2)12-15(11-13)19-16(6-3-4-9-22)17-7-5-8-18(21)20(17)23-19/h5,7-8,10-12,23H,3-4,6,9,22H2,1-2H3.